The second kappa shape index (κ2) is 5.27. The molecule has 2 atom stereocenters. The summed E-state index contributed by atoms with van der Waals surface area (Å²) in [5.74, 6) is 0.000268. The van der Waals surface area contributed by atoms with E-state index in [4.69, 9.17) is 21.4 Å². The highest BCUT2D eigenvalue weighted by Gasteiger charge is 2.22. The van der Waals surface area contributed by atoms with E-state index in [0.717, 1.165) is 0 Å². The molecule has 0 aliphatic carbocycles. The third-order valence-electron chi connectivity index (χ3n) is 0.525. The SMILES string of the molecule is O=[PH](O)OP(=O)(O)OCCCl. The molecule has 0 radical (unpaired) electrons. The number of rotatable bonds is 5. The van der Waals surface area contributed by atoms with Gasteiger partial charge in [0.15, 0.2) is 0 Å². The Hall–Kier alpha value is 0.590. The summed E-state index contributed by atoms with van der Waals surface area (Å²) in [5.41, 5.74) is 0. The largest absolute Gasteiger partial charge is 0.479 e. The summed E-state index contributed by atoms with van der Waals surface area (Å²) >= 11 is 5.10. The molecule has 0 amide bonds. The van der Waals surface area contributed by atoms with Crippen LogP contribution in [0.25, 0.3) is 0 Å². The Labute approximate surface area is 68.7 Å². The molecule has 0 saturated carbocycles. The fourth-order valence-electron chi connectivity index (χ4n) is 0.275. The van der Waals surface area contributed by atoms with Crippen LogP contribution in [0, 0.1) is 0 Å². The summed E-state index contributed by atoms with van der Waals surface area (Å²) in [6.07, 6.45) is 0. The lowest BCUT2D eigenvalue weighted by Crippen LogP contribution is -1.93. The number of alkyl halides is 1. The molecular weight excluding hydrogens is 217 g/mol. The van der Waals surface area contributed by atoms with Gasteiger partial charge in [-0.15, -0.1) is 11.6 Å². The number of phosphoric acid groups is 1. The molecule has 0 bridgehead atoms. The maximum atomic E-state index is 10.5. The molecule has 0 aliphatic rings. The summed E-state index contributed by atoms with van der Waals surface area (Å²) in [6, 6.07) is 0. The molecule has 0 aromatic rings. The van der Waals surface area contributed by atoms with Crippen LogP contribution in [0.5, 0.6) is 0 Å². The van der Waals surface area contributed by atoms with Gasteiger partial charge in [0.2, 0.25) is 0 Å². The molecule has 9 heteroatoms. The normalized spacial score (nSPS) is 19.2. The molecule has 0 saturated heterocycles. The predicted octanol–water partition coefficient (Wildman–Crippen LogP) is 0.741. The number of phosphoric ester groups is 1. The van der Waals surface area contributed by atoms with Crippen molar-refractivity contribution in [3.05, 3.63) is 0 Å². The molecule has 0 aliphatic heterocycles. The summed E-state index contributed by atoms with van der Waals surface area (Å²) in [4.78, 5) is 16.6. The van der Waals surface area contributed by atoms with Gasteiger partial charge in [0, 0.05) is 5.88 Å². The summed E-state index contributed by atoms with van der Waals surface area (Å²) in [6.45, 7) is -0.218. The quantitative estimate of drug-likeness (QED) is 0.528. The van der Waals surface area contributed by atoms with Crippen molar-refractivity contribution in [2.75, 3.05) is 12.5 Å². The summed E-state index contributed by atoms with van der Waals surface area (Å²) < 4.78 is 28.2. The molecule has 68 valence electrons. The Morgan fingerprint density at radius 2 is 2.18 bits per heavy atom. The van der Waals surface area contributed by atoms with E-state index >= 15 is 0 Å². The van der Waals surface area contributed by atoms with Crippen LogP contribution >= 0.6 is 27.7 Å². The highest BCUT2D eigenvalue weighted by atomic mass is 35.5. The Balaban J connectivity index is 3.80. The minimum Gasteiger partial charge on any atom is -0.326 e. The molecule has 11 heavy (non-hydrogen) atoms. The van der Waals surface area contributed by atoms with E-state index in [9.17, 15) is 9.13 Å². The van der Waals surface area contributed by atoms with E-state index in [1.807, 2.05) is 0 Å². The summed E-state index contributed by atoms with van der Waals surface area (Å²) in [5, 5.41) is 0. The minimum absolute atomic E-state index is 0.000268. The highest BCUT2D eigenvalue weighted by Crippen LogP contribution is 2.50. The van der Waals surface area contributed by atoms with Gasteiger partial charge in [-0.2, -0.15) is 0 Å². The van der Waals surface area contributed by atoms with Gasteiger partial charge in [0.1, 0.15) is 0 Å². The van der Waals surface area contributed by atoms with E-state index in [0.29, 0.717) is 0 Å². The Bertz CT molecular complexity index is 181. The predicted molar refractivity (Wildman–Crippen MR) is 38.8 cm³/mol. The smallest absolute Gasteiger partial charge is 0.326 e. The van der Waals surface area contributed by atoms with Gasteiger partial charge in [0.05, 0.1) is 6.61 Å². The molecule has 0 spiro atoms. The van der Waals surface area contributed by atoms with Crippen molar-refractivity contribution in [3.8, 4) is 0 Å². The third kappa shape index (κ3) is 6.97. The maximum Gasteiger partial charge on any atom is 0.479 e. The van der Waals surface area contributed by atoms with E-state index in [1.54, 1.807) is 0 Å². The van der Waals surface area contributed by atoms with Crippen molar-refractivity contribution < 1.29 is 27.8 Å². The van der Waals surface area contributed by atoms with E-state index in [2.05, 4.69) is 8.83 Å². The minimum atomic E-state index is -4.37. The maximum absolute atomic E-state index is 10.5. The average molecular weight is 224 g/mol. The number of hydrogen-bond acceptors (Lipinski definition) is 4. The van der Waals surface area contributed by atoms with Crippen molar-refractivity contribution >= 4 is 27.7 Å². The first-order valence-corrected chi connectivity index (χ1v) is 5.73. The van der Waals surface area contributed by atoms with Gasteiger partial charge < -0.3 is 9.79 Å². The van der Waals surface area contributed by atoms with Crippen LogP contribution in [0.15, 0.2) is 0 Å². The van der Waals surface area contributed by atoms with Crippen molar-refractivity contribution in [1.29, 1.82) is 0 Å². The lowest BCUT2D eigenvalue weighted by Gasteiger charge is -2.07. The van der Waals surface area contributed by atoms with Gasteiger partial charge in [-0.05, 0) is 0 Å². The first-order chi connectivity index (χ1) is 4.98. The van der Waals surface area contributed by atoms with Gasteiger partial charge in [-0.25, -0.2) is 8.88 Å². The van der Waals surface area contributed by atoms with Gasteiger partial charge >= 0.3 is 16.1 Å². The Morgan fingerprint density at radius 1 is 1.64 bits per heavy atom. The van der Waals surface area contributed by atoms with Crippen LogP contribution in [0.1, 0.15) is 0 Å². The fraction of sp³-hybridized carbons (Fsp3) is 1.00. The van der Waals surface area contributed by atoms with E-state index in [-0.39, 0.29) is 12.5 Å². The molecule has 2 unspecified atom stereocenters. The van der Waals surface area contributed by atoms with Crippen LogP contribution in [-0.2, 0) is 18.0 Å². The standard InChI is InChI=1S/C2H7ClO6P2/c3-1-2-8-11(6,7)9-10(4)5/h10H,1-2H2,(H,4,5)(H,6,7). The van der Waals surface area contributed by atoms with E-state index in [1.165, 1.54) is 0 Å². The monoisotopic (exact) mass is 224 g/mol. The zero-order valence-electron chi connectivity index (χ0n) is 5.27. The fourth-order valence-corrected chi connectivity index (χ4v) is 1.78. The molecule has 0 rings (SSSR count). The number of halogens is 1. The Morgan fingerprint density at radius 3 is 2.55 bits per heavy atom. The van der Waals surface area contributed by atoms with Crippen molar-refractivity contribution in [2.45, 2.75) is 0 Å². The zero-order valence-corrected chi connectivity index (χ0v) is 7.92. The number of hydrogen-bond donors (Lipinski definition) is 2. The molecule has 2 N–H and O–H groups in total. The van der Waals surface area contributed by atoms with Gasteiger partial charge in [-0.1, -0.05) is 0 Å². The van der Waals surface area contributed by atoms with Crippen molar-refractivity contribution in [2.24, 2.45) is 0 Å². The first-order valence-electron chi connectivity index (χ1n) is 2.44. The molecule has 0 aromatic carbocycles. The Kier molecular flexibility index (Phi) is 5.56. The molecule has 0 fully saturated rings. The van der Waals surface area contributed by atoms with Gasteiger partial charge in [0.25, 0.3) is 0 Å². The van der Waals surface area contributed by atoms with Crippen LogP contribution in [0.4, 0.5) is 0 Å². The van der Waals surface area contributed by atoms with Crippen LogP contribution < -0.4 is 0 Å². The topological polar surface area (TPSA) is 93.1 Å². The summed E-state index contributed by atoms with van der Waals surface area (Å²) in [7, 11) is -7.82. The first kappa shape index (κ1) is 11.6. The molecule has 0 heterocycles. The van der Waals surface area contributed by atoms with Crippen molar-refractivity contribution in [3.63, 3.8) is 0 Å². The van der Waals surface area contributed by atoms with Crippen LogP contribution in [0.2, 0.25) is 0 Å². The van der Waals surface area contributed by atoms with E-state index < -0.39 is 16.1 Å². The second-order valence-corrected chi connectivity index (χ2v) is 4.18. The lowest BCUT2D eigenvalue weighted by molar-refractivity contribution is 0.210. The zero-order chi connectivity index (χ0) is 8.91. The third-order valence-corrected chi connectivity index (χ3v) is 2.74. The molecule has 6 nitrogen and oxygen atoms in total. The van der Waals surface area contributed by atoms with Crippen LogP contribution in [0.3, 0.4) is 0 Å². The molecule has 0 aromatic heterocycles. The highest BCUT2D eigenvalue weighted by molar-refractivity contribution is 7.55. The molecular formula is C2H7ClO6P2. The second-order valence-electron chi connectivity index (χ2n) is 1.35. The lowest BCUT2D eigenvalue weighted by atomic mass is 10.9. The van der Waals surface area contributed by atoms with Crippen molar-refractivity contribution in [1.82, 2.24) is 0 Å². The average Bonchev–Trinajstić information content (AvgIpc) is 1.81. The van der Waals surface area contributed by atoms with Gasteiger partial charge in [-0.3, -0.25) is 9.09 Å². The van der Waals surface area contributed by atoms with Crippen LogP contribution in [-0.4, -0.2) is 22.3 Å².